The van der Waals surface area contributed by atoms with E-state index in [1.54, 1.807) is 42.5 Å². The van der Waals surface area contributed by atoms with Gasteiger partial charge in [-0.15, -0.1) is 11.3 Å². The number of methoxy groups -OCH3 is 2. The van der Waals surface area contributed by atoms with Gasteiger partial charge < -0.3 is 24.6 Å². The lowest BCUT2D eigenvalue weighted by molar-refractivity contribution is -0.124. The Morgan fingerprint density at radius 2 is 1.91 bits per heavy atom. The highest BCUT2D eigenvalue weighted by Gasteiger charge is 2.44. The SMILES string of the molecule is CCCCN(CC)CCNC(=O)[C@H]1c2cc(OC)c(OC)cc2C(=O)N(C)[C@@H]1c1cccs1. The third kappa shape index (κ3) is 5.33. The molecule has 2 aromatic rings. The molecule has 1 aromatic carbocycles. The smallest absolute Gasteiger partial charge is 0.254 e. The lowest BCUT2D eigenvalue weighted by Gasteiger charge is -2.39. The van der Waals surface area contributed by atoms with Crippen LogP contribution in [0.5, 0.6) is 11.5 Å². The van der Waals surface area contributed by atoms with Crippen molar-refractivity contribution in [1.29, 1.82) is 0 Å². The van der Waals surface area contributed by atoms with Crippen molar-refractivity contribution < 1.29 is 19.1 Å². The molecule has 7 nitrogen and oxygen atoms in total. The summed E-state index contributed by atoms with van der Waals surface area (Å²) in [4.78, 5) is 31.9. The summed E-state index contributed by atoms with van der Waals surface area (Å²) in [5, 5.41) is 5.11. The molecule has 0 bridgehead atoms. The van der Waals surface area contributed by atoms with Gasteiger partial charge in [-0.05, 0) is 48.7 Å². The zero-order valence-corrected chi connectivity index (χ0v) is 21.0. The minimum absolute atomic E-state index is 0.0900. The average Bonchev–Trinajstić information content (AvgIpc) is 3.36. The Labute approximate surface area is 200 Å². The number of nitrogens with zero attached hydrogens (tertiary/aromatic N) is 2. The molecule has 180 valence electrons. The lowest BCUT2D eigenvalue weighted by Crippen LogP contribution is -2.46. The molecule has 0 fully saturated rings. The maximum Gasteiger partial charge on any atom is 0.254 e. The zero-order valence-electron chi connectivity index (χ0n) is 20.2. The number of carbonyl (C=O) groups is 2. The molecular weight excluding hydrogens is 438 g/mol. The molecule has 2 amide bonds. The van der Waals surface area contributed by atoms with Crippen LogP contribution in [-0.2, 0) is 4.79 Å². The van der Waals surface area contributed by atoms with Crippen molar-refractivity contribution in [1.82, 2.24) is 15.1 Å². The molecule has 8 heteroatoms. The fourth-order valence-electron chi connectivity index (χ4n) is 4.40. The summed E-state index contributed by atoms with van der Waals surface area (Å²) in [5.41, 5.74) is 1.14. The monoisotopic (exact) mass is 473 g/mol. The van der Waals surface area contributed by atoms with Crippen LogP contribution in [0.15, 0.2) is 29.6 Å². The second kappa shape index (κ2) is 11.5. The summed E-state index contributed by atoms with van der Waals surface area (Å²) in [7, 11) is 4.86. The zero-order chi connectivity index (χ0) is 24.0. The number of likely N-dealkylation sites (N-methyl/N-ethyl adjacent to an activating group) is 2. The number of thiophene rings is 1. The Kier molecular flexibility index (Phi) is 8.74. The van der Waals surface area contributed by atoms with Gasteiger partial charge in [0.15, 0.2) is 11.5 Å². The number of ether oxygens (including phenoxy) is 2. The molecule has 1 aliphatic heterocycles. The molecule has 0 saturated heterocycles. The van der Waals surface area contributed by atoms with Crippen LogP contribution in [0.1, 0.15) is 59.4 Å². The number of amides is 2. The fourth-order valence-corrected chi connectivity index (χ4v) is 5.31. The van der Waals surface area contributed by atoms with Gasteiger partial charge in [-0.2, -0.15) is 0 Å². The van der Waals surface area contributed by atoms with Crippen molar-refractivity contribution in [3.05, 3.63) is 45.6 Å². The van der Waals surface area contributed by atoms with Gasteiger partial charge in [0.1, 0.15) is 0 Å². The summed E-state index contributed by atoms with van der Waals surface area (Å²) >= 11 is 1.55. The van der Waals surface area contributed by atoms with Crippen LogP contribution < -0.4 is 14.8 Å². The Bertz CT molecular complexity index is 947. The molecule has 1 aliphatic rings. The number of benzene rings is 1. The van der Waals surface area contributed by atoms with Gasteiger partial charge >= 0.3 is 0 Å². The Morgan fingerprint density at radius 1 is 1.18 bits per heavy atom. The van der Waals surface area contributed by atoms with E-state index in [9.17, 15) is 9.59 Å². The number of hydrogen-bond acceptors (Lipinski definition) is 6. The van der Waals surface area contributed by atoms with Gasteiger partial charge in [0.2, 0.25) is 5.91 Å². The standard InChI is InChI=1S/C25H35N3O4S/c1-6-8-12-28(7-2)13-11-26-24(29)22-17-15-19(31-4)20(32-5)16-18(17)25(30)27(3)23(22)21-10-9-14-33-21/h9-10,14-16,22-23H,6-8,11-13H2,1-5H3,(H,26,29)/t22-,23+/m0/s1. The third-order valence-electron chi connectivity index (χ3n) is 6.29. The second-order valence-electron chi connectivity index (χ2n) is 8.23. The maximum atomic E-state index is 13.6. The molecule has 2 heterocycles. The van der Waals surface area contributed by atoms with Crippen molar-refractivity contribution in [2.75, 3.05) is 47.4 Å². The molecule has 2 atom stereocenters. The van der Waals surface area contributed by atoms with Crippen LogP contribution in [0.4, 0.5) is 0 Å². The van der Waals surface area contributed by atoms with E-state index >= 15 is 0 Å². The molecule has 0 saturated carbocycles. The van der Waals surface area contributed by atoms with Gasteiger partial charge in [0, 0.05) is 30.6 Å². The summed E-state index contributed by atoms with van der Waals surface area (Å²) in [6, 6.07) is 7.01. The Hall–Kier alpha value is -2.58. The predicted molar refractivity (Wildman–Crippen MR) is 131 cm³/mol. The largest absolute Gasteiger partial charge is 0.493 e. The first-order chi connectivity index (χ1) is 16.0. The minimum Gasteiger partial charge on any atom is -0.493 e. The van der Waals surface area contributed by atoms with Gasteiger partial charge in [0.25, 0.3) is 5.91 Å². The molecule has 1 aromatic heterocycles. The number of carbonyl (C=O) groups excluding carboxylic acids is 2. The normalized spacial score (nSPS) is 17.8. The first-order valence-corrected chi connectivity index (χ1v) is 12.4. The van der Waals surface area contributed by atoms with Crippen LogP contribution in [0.2, 0.25) is 0 Å². The highest BCUT2D eigenvalue weighted by atomic mass is 32.1. The van der Waals surface area contributed by atoms with Crippen LogP contribution >= 0.6 is 11.3 Å². The van der Waals surface area contributed by atoms with Crippen molar-refractivity contribution in [3.8, 4) is 11.5 Å². The van der Waals surface area contributed by atoms with E-state index in [2.05, 4.69) is 24.1 Å². The number of hydrogen-bond donors (Lipinski definition) is 1. The topological polar surface area (TPSA) is 71.1 Å². The molecular formula is C25H35N3O4S. The van der Waals surface area contributed by atoms with Crippen LogP contribution in [0.25, 0.3) is 0 Å². The van der Waals surface area contributed by atoms with E-state index < -0.39 is 5.92 Å². The van der Waals surface area contributed by atoms with E-state index in [1.807, 2.05) is 17.5 Å². The summed E-state index contributed by atoms with van der Waals surface area (Å²) < 4.78 is 10.9. The first kappa shape index (κ1) is 25.1. The predicted octanol–water partition coefficient (Wildman–Crippen LogP) is 3.91. The quantitative estimate of drug-likeness (QED) is 0.536. The first-order valence-electron chi connectivity index (χ1n) is 11.5. The van der Waals surface area contributed by atoms with E-state index in [1.165, 1.54) is 7.11 Å². The van der Waals surface area contributed by atoms with E-state index in [4.69, 9.17) is 9.47 Å². The van der Waals surface area contributed by atoms with Crippen molar-refractivity contribution in [2.24, 2.45) is 0 Å². The van der Waals surface area contributed by atoms with Crippen LogP contribution in [0, 0.1) is 0 Å². The molecule has 0 radical (unpaired) electrons. The Morgan fingerprint density at radius 3 is 2.52 bits per heavy atom. The van der Waals surface area contributed by atoms with Gasteiger partial charge in [-0.1, -0.05) is 26.3 Å². The molecule has 0 spiro atoms. The summed E-state index contributed by atoms with van der Waals surface area (Å²) in [5.74, 6) is 0.207. The number of nitrogens with one attached hydrogen (secondary N) is 1. The molecule has 0 unspecified atom stereocenters. The lowest BCUT2D eigenvalue weighted by atomic mass is 9.81. The second-order valence-corrected chi connectivity index (χ2v) is 9.21. The average molecular weight is 474 g/mol. The molecule has 33 heavy (non-hydrogen) atoms. The van der Waals surface area contributed by atoms with Crippen molar-refractivity contribution in [2.45, 2.75) is 38.6 Å². The van der Waals surface area contributed by atoms with Gasteiger partial charge in [-0.25, -0.2) is 0 Å². The highest BCUT2D eigenvalue weighted by molar-refractivity contribution is 7.10. The number of rotatable bonds is 11. The Balaban J connectivity index is 1.94. The van der Waals surface area contributed by atoms with Gasteiger partial charge in [-0.3, -0.25) is 9.59 Å². The molecule has 0 aliphatic carbocycles. The van der Waals surface area contributed by atoms with Crippen LogP contribution in [0.3, 0.4) is 0 Å². The fraction of sp³-hybridized carbons (Fsp3) is 0.520. The van der Waals surface area contributed by atoms with E-state index in [0.717, 1.165) is 37.4 Å². The van der Waals surface area contributed by atoms with Crippen molar-refractivity contribution in [3.63, 3.8) is 0 Å². The van der Waals surface area contributed by atoms with Crippen molar-refractivity contribution >= 4 is 23.2 Å². The van der Waals surface area contributed by atoms with E-state index in [-0.39, 0.29) is 17.9 Å². The molecule has 1 N–H and O–H groups in total. The number of unbranched alkanes of at least 4 members (excludes halogenated alkanes) is 1. The summed E-state index contributed by atoms with van der Waals surface area (Å²) in [6.07, 6.45) is 2.29. The minimum atomic E-state index is -0.549. The van der Waals surface area contributed by atoms with Gasteiger partial charge in [0.05, 0.1) is 26.2 Å². The third-order valence-corrected chi connectivity index (χ3v) is 7.24. The summed E-state index contributed by atoms with van der Waals surface area (Å²) in [6.45, 7) is 7.66. The van der Waals surface area contributed by atoms with E-state index in [0.29, 0.717) is 29.2 Å². The van der Waals surface area contributed by atoms with Crippen LogP contribution in [-0.4, -0.2) is 69.1 Å². The maximum absolute atomic E-state index is 13.6. The highest BCUT2D eigenvalue weighted by Crippen LogP contribution is 2.46. The molecule has 3 rings (SSSR count). The number of fused-ring (bicyclic) bond motifs is 1.